The third kappa shape index (κ3) is 3.17. The molecule has 1 atom stereocenters. The second-order valence-electron chi connectivity index (χ2n) is 3.79. The normalized spacial score (nSPS) is 12.2. The highest BCUT2D eigenvalue weighted by molar-refractivity contribution is 6.29. The molecular formula is C13H12ClFN2. The molecule has 2 rings (SSSR count). The van der Waals surface area contributed by atoms with Crippen LogP contribution >= 0.6 is 11.6 Å². The van der Waals surface area contributed by atoms with E-state index in [9.17, 15) is 4.39 Å². The summed E-state index contributed by atoms with van der Waals surface area (Å²) in [6, 6.07) is 10.1. The summed E-state index contributed by atoms with van der Waals surface area (Å²) >= 11 is 5.79. The summed E-state index contributed by atoms with van der Waals surface area (Å²) in [6.45, 7) is 1.96. The van der Waals surface area contributed by atoms with Crippen LogP contribution in [0, 0.1) is 5.82 Å². The molecule has 0 aliphatic heterocycles. The van der Waals surface area contributed by atoms with Gasteiger partial charge >= 0.3 is 0 Å². The molecule has 2 aromatic rings. The number of nitrogens with one attached hydrogen (secondary N) is 1. The zero-order valence-corrected chi connectivity index (χ0v) is 10.1. The molecule has 0 spiro atoms. The smallest absolute Gasteiger partial charge is 0.131 e. The molecule has 2 nitrogen and oxygen atoms in total. The maximum atomic E-state index is 13.1. The minimum absolute atomic E-state index is 0.00386. The van der Waals surface area contributed by atoms with Gasteiger partial charge in [-0.3, -0.25) is 0 Å². The van der Waals surface area contributed by atoms with Crippen LogP contribution < -0.4 is 5.32 Å². The average molecular weight is 251 g/mol. The number of anilines is 1. The van der Waals surface area contributed by atoms with Gasteiger partial charge in [0.2, 0.25) is 0 Å². The van der Waals surface area contributed by atoms with Gasteiger partial charge in [0.05, 0.1) is 0 Å². The van der Waals surface area contributed by atoms with E-state index in [4.69, 9.17) is 11.6 Å². The predicted octanol–water partition coefficient (Wildman–Crippen LogP) is 4.05. The van der Waals surface area contributed by atoms with Gasteiger partial charge in [-0.15, -0.1) is 0 Å². The molecule has 1 unspecified atom stereocenters. The molecule has 1 aromatic heterocycles. The van der Waals surface area contributed by atoms with Crippen molar-refractivity contribution in [3.8, 4) is 0 Å². The van der Waals surface area contributed by atoms with Gasteiger partial charge in [0.25, 0.3) is 0 Å². The van der Waals surface area contributed by atoms with Crippen LogP contribution in [0.1, 0.15) is 18.5 Å². The summed E-state index contributed by atoms with van der Waals surface area (Å²) in [6.07, 6.45) is 1.63. The van der Waals surface area contributed by atoms with Crippen molar-refractivity contribution in [3.63, 3.8) is 0 Å². The lowest BCUT2D eigenvalue weighted by Crippen LogP contribution is -2.06. The van der Waals surface area contributed by atoms with E-state index in [1.807, 2.05) is 19.1 Å². The number of hydrogen-bond acceptors (Lipinski definition) is 2. The van der Waals surface area contributed by atoms with Gasteiger partial charge in [-0.25, -0.2) is 9.37 Å². The van der Waals surface area contributed by atoms with Crippen molar-refractivity contribution in [1.82, 2.24) is 4.98 Å². The first-order valence-electron chi connectivity index (χ1n) is 5.29. The fourth-order valence-electron chi connectivity index (χ4n) is 1.60. The number of rotatable bonds is 3. The Morgan fingerprint density at radius 2 is 2.12 bits per heavy atom. The SMILES string of the molecule is CC(Nc1ccnc(Cl)c1)c1cccc(F)c1. The standard InChI is InChI=1S/C13H12ClFN2/c1-9(10-3-2-4-11(15)7-10)17-12-5-6-16-13(14)8-12/h2-9H,1H3,(H,16,17). The van der Waals surface area contributed by atoms with Gasteiger partial charge in [0.15, 0.2) is 0 Å². The molecule has 0 fully saturated rings. The van der Waals surface area contributed by atoms with Crippen LogP contribution in [-0.4, -0.2) is 4.98 Å². The van der Waals surface area contributed by atoms with Gasteiger partial charge in [-0.1, -0.05) is 23.7 Å². The van der Waals surface area contributed by atoms with Gasteiger partial charge in [-0.2, -0.15) is 0 Å². The van der Waals surface area contributed by atoms with Crippen molar-refractivity contribution >= 4 is 17.3 Å². The molecule has 88 valence electrons. The predicted molar refractivity (Wildman–Crippen MR) is 67.7 cm³/mol. The molecule has 1 aromatic carbocycles. The first-order valence-corrected chi connectivity index (χ1v) is 5.66. The van der Waals surface area contributed by atoms with Crippen molar-refractivity contribution in [3.05, 3.63) is 59.1 Å². The van der Waals surface area contributed by atoms with E-state index < -0.39 is 0 Å². The van der Waals surface area contributed by atoms with Crippen LogP contribution in [0.3, 0.4) is 0 Å². The summed E-state index contributed by atoms with van der Waals surface area (Å²) in [5.41, 5.74) is 1.75. The number of nitrogens with zero attached hydrogens (tertiary/aromatic N) is 1. The quantitative estimate of drug-likeness (QED) is 0.832. The van der Waals surface area contributed by atoms with E-state index in [1.165, 1.54) is 12.1 Å². The molecule has 0 bridgehead atoms. The molecule has 0 saturated carbocycles. The molecule has 0 aliphatic carbocycles. The van der Waals surface area contributed by atoms with E-state index in [-0.39, 0.29) is 11.9 Å². The lowest BCUT2D eigenvalue weighted by Gasteiger charge is -2.15. The Morgan fingerprint density at radius 3 is 2.82 bits per heavy atom. The first kappa shape index (κ1) is 11.9. The Balaban J connectivity index is 2.14. The Kier molecular flexibility index (Phi) is 3.59. The zero-order valence-electron chi connectivity index (χ0n) is 9.32. The van der Waals surface area contributed by atoms with Crippen LogP contribution in [0.25, 0.3) is 0 Å². The Bertz CT molecular complexity index is 516. The van der Waals surface area contributed by atoms with Gasteiger partial charge < -0.3 is 5.32 Å². The van der Waals surface area contributed by atoms with Crippen LogP contribution in [0.5, 0.6) is 0 Å². The first-order chi connectivity index (χ1) is 8.15. The summed E-state index contributed by atoms with van der Waals surface area (Å²) in [7, 11) is 0. The van der Waals surface area contributed by atoms with E-state index >= 15 is 0 Å². The maximum absolute atomic E-state index is 13.1. The molecule has 0 saturated heterocycles. The molecular weight excluding hydrogens is 239 g/mol. The fourth-order valence-corrected chi connectivity index (χ4v) is 1.78. The average Bonchev–Trinajstić information content (AvgIpc) is 2.29. The lowest BCUT2D eigenvalue weighted by molar-refractivity contribution is 0.623. The van der Waals surface area contributed by atoms with Crippen molar-refractivity contribution < 1.29 is 4.39 Å². The highest BCUT2D eigenvalue weighted by atomic mass is 35.5. The number of pyridine rings is 1. The van der Waals surface area contributed by atoms with Crippen molar-refractivity contribution in [1.29, 1.82) is 0 Å². The minimum atomic E-state index is -0.232. The summed E-state index contributed by atoms with van der Waals surface area (Å²) in [5, 5.41) is 3.67. The Labute approximate surface area is 104 Å². The lowest BCUT2D eigenvalue weighted by atomic mass is 10.1. The zero-order chi connectivity index (χ0) is 12.3. The van der Waals surface area contributed by atoms with Gasteiger partial charge in [0, 0.05) is 17.9 Å². The van der Waals surface area contributed by atoms with Crippen molar-refractivity contribution in [2.45, 2.75) is 13.0 Å². The molecule has 4 heteroatoms. The summed E-state index contributed by atoms with van der Waals surface area (Å²) in [5.74, 6) is -0.232. The third-order valence-corrected chi connectivity index (χ3v) is 2.67. The van der Waals surface area contributed by atoms with Crippen LogP contribution in [0.2, 0.25) is 5.15 Å². The van der Waals surface area contributed by atoms with Crippen molar-refractivity contribution in [2.75, 3.05) is 5.32 Å². The van der Waals surface area contributed by atoms with E-state index in [2.05, 4.69) is 10.3 Å². The maximum Gasteiger partial charge on any atom is 0.131 e. The second-order valence-corrected chi connectivity index (χ2v) is 4.18. The number of halogens is 2. The van der Waals surface area contributed by atoms with Gasteiger partial charge in [0.1, 0.15) is 11.0 Å². The highest BCUT2D eigenvalue weighted by Gasteiger charge is 2.06. The highest BCUT2D eigenvalue weighted by Crippen LogP contribution is 2.20. The van der Waals surface area contributed by atoms with E-state index in [0.717, 1.165) is 11.3 Å². The molecule has 0 aliphatic rings. The second kappa shape index (κ2) is 5.15. The number of benzene rings is 1. The molecule has 0 amide bonds. The topological polar surface area (TPSA) is 24.9 Å². The monoisotopic (exact) mass is 250 g/mol. The van der Waals surface area contributed by atoms with E-state index in [0.29, 0.717) is 5.15 Å². The molecule has 1 heterocycles. The largest absolute Gasteiger partial charge is 0.378 e. The minimum Gasteiger partial charge on any atom is -0.378 e. The van der Waals surface area contributed by atoms with Gasteiger partial charge in [-0.05, 0) is 36.8 Å². The van der Waals surface area contributed by atoms with Crippen LogP contribution in [-0.2, 0) is 0 Å². The van der Waals surface area contributed by atoms with Crippen LogP contribution in [0.15, 0.2) is 42.6 Å². The van der Waals surface area contributed by atoms with Crippen LogP contribution in [0.4, 0.5) is 10.1 Å². The molecule has 0 radical (unpaired) electrons. The third-order valence-electron chi connectivity index (χ3n) is 2.46. The fraction of sp³-hybridized carbons (Fsp3) is 0.154. The van der Waals surface area contributed by atoms with Crippen molar-refractivity contribution in [2.24, 2.45) is 0 Å². The number of aromatic nitrogens is 1. The Morgan fingerprint density at radius 1 is 1.29 bits per heavy atom. The van der Waals surface area contributed by atoms with E-state index in [1.54, 1.807) is 18.3 Å². The molecule has 1 N–H and O–H groups in total. The Hall–Kier alpha value is -1.61. The molecule has 17 heavy (non-hydrogen) atoms. The summed E-state index contributed by atoms with van der Waals surface area (Å²) < 4.78 is 13.1. The summed E-state index contributed by atoms with van der Waals surface area (Å²) in [4.78, 5) is 3.90. The number of hydrogen-bond donors (Lipinski definition) is 1.